The van der Waals surface area contributed by atoms with E-state index in [-0.39, 0.29) is 17.6 Å². The van der Waals surface area contributed by atoms with Crippen molar-refractivity contribution in [2.75, 3.05) is 7.11 Å². The highest BCUT2D eigenvalue weighted by Crippen LogP contribution is 2.32. The maximum Gasteiger partial charge on any atom is 0.289 e. The summed E-state index contributed by atoms with van der Waals surface area (Å²) in [6.45, 7) is 2.53. The molecule has 0 N–H and O–H groups in total. The summed E-state index contributed by atoms with van der Waals surface area (Å²) >= 11 is 3.48. The normalized spacial score (nSPS) is 11.1. The number of ether oxygens (including phenoxy) is 1. The number of benzene rings is 2. The molecule has 2 aromatic carbocycles. The van der Waals surface area contributed by atoms with Crippen molar-refractivity contribution in [1.29, 1.82) is 0 Å². The Morgan fingerprint density at radius 1 is 1.09 bits per heavy atom. The standard InChI is InChI=1S/C25H19BrN4O3/c1-15-22(23(31)25-29-28-24(33-25)20-5-3-4-12-27-20)19-13-18(32-2)10-11-21(19)30(15)14-16-6-8-17(26)9-7-16/h3-13H,14H2,1-2H3. The number of methoxy groups -OCH3 is 1. The fraction of sp³-hybridized carbons (Fsp3) is 0.120. The number of pyridine rings is 1. The number of hydrogen-bond donors (Lipinski definition) is 0. The zero-order valence-corrected chi connectivity index (χ0v) is 19.5. The van der Waals surface area contributed by atoms with Crippen molar-refractivity contribution >= 4 is 32.6 Å². The van der Waals surface area contributed by atoms with E-state index >= 15 is 0 Å². The second-order valence-corrected chi connectivity index (χ2v) is 8.43. The molecule has 0 bridgehead atoms. The van der Waals surface area contributed by atoms with Crippen LogP contribution in [0.3, 0.4) is 0 Å². The zero-order valence-electron chi connectivity index (χ0n) is 17.9. The van der Waals surface area contributed by atoms with Gasteiger partial charge in [-0.2, -0.15) is 0 Å². The van der Waals surface area contributed by atoms with Crippen LogP contribution in [0.1, 0.15) is 27.5 Å². The molecule has 0 aliphatic carbocycles. The van der Waals surface area contributed by atoms with Gasteiger partial charge in [0.05, 0.1) is 12.7 Å². The third kappa shape index (κ3) is 3.93. The molecule has 164 valence electrons. The number of ketones is 1. The smallest absolute Gasteiger partial charge is 0.289 e. The monoisotopic (exact) mass is 502 g/mol. The molecule has 3 aromatic heterocycles. The van der Waals surface area contributed by atoms with Crippen LogP contribution in [0.4, 0.5) is 0 Å². The molecule has 7 nitrogen and oxygen atoms in total. The Labute approximate surface area is 198 Å². The summed E-state index contributed by atoms with van der Waals surface area (Å²) in [5, 5.41) is 8.80. The second kappa shape index (κ2) is 8.63. The highest BCUT2D eigenvalue weighted by atomic mass is 79.9. The van der Waals surface area contributed by atoms with Crippen molar-refractivity contribution in [1.82, 2.24) is 19.7 Å². The molecule has 0 aliphatic heterocycles. The number of carbonyl (C=O) groups is 1. The Hall–Kier alpha value is -3.78. The van der Waals surface area contributed by atoms with E-state index in [1.54, 1.807) is 25.4 Å². The van der Waals surface area contributed by atoms with E-state index in [1.165, 1.54) is 0 Å². The highest BCUT2D eigenvalue weighted by molar-refractivity contribution is 9.10. The van der Waals surface area contributed by atoms with E-state index in [4.69, 9.17) is 9.15 Å². The molecule has 0 saturated heterocycles. The Morgan fingerprint density at radius 3 is 2.64 bits per heavy atom. The molecule has 3 heterocycles. The molecule has 5 rings (SSSR count). The van der Waals surface area contributed by atoms with Crippen molar-refractivity contribution in [3.63, 3.8) is 0 Å². The summed E-state index contributed by atoms with van der Waals surface area (Å²) in [4.78, 5) is 17.8. The molecule has 0 amide bonds. The molecule has 0 radical (unpaired) electrons. The molecular formula is C25H19BrN4O3. The zero-order chi connectivity index (χ0) is 22.9. The van der Waals surface area contributed by atoms with Crippen molar-refractivity contribution in [3.8, 4) is 17.3 Å². The molecule has 0 spiro atoms. The van der Waals surface area contributed by atoms with Crippen LogP contribution in [-0.4, -0.2) is 32.6 Å². The van der Waals surface area contributed by atoms with Gasteiger partial charge in [0, 0.05) is 33.8 Å². The van der Waals surface area contributed by atoms with Gasteiger partial charge in [-0.05, 0) is 55.0 Å². The first-order valence-corrected chi connectivity index (χ1v) is 11.1. The Kier molecular flexibility index (Phi) is 5.51. The maximum absolute atomic E-state index is 13.6. The maximum atomic E-state index is 13.6. The first-order chi connectivity index (χ1) is 16.0. The molecule has 0 aliphatic rings. The third-order valence-corrected chi connectivity index (χ3v) is 6.04. The van der Waals surface area contributed by atoms with E-state index in [0.29, 0.717) is 23.6 Å². The molecule has 0 atom stereocenters. The summed E-state index contributed by atoms with van der Waals surface area (Å²) < 4.78 is 14.3. The van der Waals surface area contributed by atoms with Gasteiger partial charge in [0.1, 0.15) is 11.4 Å². The number of rotatable bonds is 6. The van der Waals surface area contributed by atoms with Crippen LogP contribution in [0.2, 0.25) is 0 Å². The Morgan fingerprint density at radius 2 is 1.91 bits per heavy atom. The van der Waals surface area contributed by atoms with Crippen LogP contribution in [0.25, 0.3) is 22.5 Å². The van der Waals surface area contributed by atoms with Gasteiger partial charge in [-0.15, -0.1) is 10.2 Å². The van der Waals surface area contributed by atoms with Gasteiger partial charge < -0.3 is 13.7 Å². The van der Waals surface area contributed by atoms with E-state index in [9.17, 15) is 4.79 Å². The summed E-state index contributed by atoms with van der Waals surface area (Å²) in [5.74, 6) is 0.448. The van der Waals surface area contributed by atoms with E-state index < -0.39 is 0 Å². The predicted octanol–water partition coefficient (Wildman–Crippen LogP) is 5.45. The van der Waals surface area contributed by atoms with E-state index in [0.717, 1.165) is 26.6 Å². The number of aromatic nitrogens is 4. The largest absolute Gasteiger partial charge is 0.497 e. The van der Waals surface area contributed by atoms with Gasteiger partial charge in [0.15, 0.2) is 0 Å². The summed E-state index contributed by atoms with van der Waals surface area (Å²) in [6, 6.07) is 19.2. The van der Waals surface area contributed by atoms with Crippen LogP contribution in [0.15, 0.2) is 75.8 Å². The lowest BCUT2D eigenvalue weighted by atomic mass is 10.1. The molecule has 0 unspecified atom stereocenters. The van der Waals surface area contributed by atoms with Gasteiger partial charge in [0.2, 0.25) is 0 Å². The van der Waals surface area contributed by atoms with Gasteiger partial charge in [-0.1, -0.05) is 34.1 Å². The number of hydrogen-bond acceptors (Lipinski definition) is 6. The quantitative estimate of drug-likeness (QED) is 0.287. The van der Waals surface area contributed by atoms with Crippen molar-refractivity contribution in [3.05, 3.63) is 94.0 Å². The Bertz CT molecular complexity index is 1460. The van der Waals surface area contributed by atoms with Gasteiger partial charge in [-0.3, -0.25) is 9.78 Å². The van der Waals surface area contributed by atoms with Crippen LogP contribution < -0.4 is 4.74 Å². The number of fused-ring (bicyclic) bond motifs is 1. The number of carbonyl (C=O) groups excluding carboxylic acids is 1. The lowest BCUT2D eigenvalue weighted by molar-refractivity contribution is 0.100. The Balaban J connectivity index is 1.61. The molecular weight excluding hydrogens is 484 g/mol. The highest BCUT2D eigenvalue weighted by Gasteiger charge is 2.26. The lowest BCUT2D eigenvalue weighted by Crippen LogP contribution is -2.06. The first kappa shape index (κ1) is 21.1. The van der Waals surface area contributed by atoms with Crippen LogP contribution in [-0.2, 0) is 6.54 Å². The van der Waals surface area contributed by atoms with Crippen LogP contribution >= 0.6 is 15.9 Å². The minimum Gasteiger partial charge on any atom is -0.497 e. The van der Waals surface area contributed by atoms with Crippen LogP contribution in [0, 0.1) is 6.92 Å². The summed E-state index contributed by atoms with van der Waals surface area (Å²) in [6.07, 6.45) is 1.63. The molecule has 0 saturated carbocycles. The molecule has 33 heavy (non-hydrogen) atoms. The van der Waals surface area contributed by atoms with Crippen molar-refractivity contribution in [2.45, 2.75) is 13.5 Å². The minimum absolute atomic E-state index is 0.0794. The van der Waals surface area contributed by atoms with Crippen molar-refractivity contribution < 1.29 is 13.9 Å². The fourth-order valence-electron chi connectivity index (χ4n) is 3.87. The van der Waals surface area contributed by atoms with E-state index in [1.807, 2.05) is 43.3 Å². The van der Waals surface area contributed by atoms with Crippen molar-refractivity contribution in [2.24, 2.45) is 0 Å². The van der Waals surface area contributed by atoms with Crippen LogP contribution in [0.5, 0.6) is 5.75 Å². The molecule has 0 fully saturated rings. The number of halogens is 1. The van der Waals surface area contributed by atoms with Gasteiger partial charge in [0.25, 0.3) is 17.6 Å². The minimum atomic E-state index is -0.338. The first-order valence-electron chi connectivity index (χ1n) is 10.3. The van der Waals surface area contributed by atoms with E-state index in [2.05, 4.69) is 47.8 Å². The number of nitrogens with zero attached hydrogens (tertiary/aromatic N) is 4. The second-order valence-electron chi connectivity index (χ2n) is 7.51. The third-order valence-electron chi connectivity index (χ3n) is 5.51. The van der Waals surface area contributed by atoms with Gasteiger partial charge in [-0.25, -0.2) is 0 Å². The SMILES string of the molecule is COc1ccc2c(c1)c(C(=O)c1nnc(-c3ccccn3)o1)c(C)n2Cc1ccc(Br)cc1. The topological polar surface area (TPSA) is 83.0 Å². The molecule has 5 aromatic rings. The fourth-order valence-corrected chi connectivity index (χ4v) is 4.13. The lowest BCUT2D eigenvalue weighted by Gasteiger charge is -2.09. The average Bonchev–Trinajstić information content (AvgIpc) is 3.44. The summed E-state index contributed by atoms with van der Waals surface area (Å²) in [7, 11) is 1.60. The molecule has 8 heteroatoms. The average molecular weight is 503 g/mol. The summed E-state index contributed by atoms with van der Waals surface area (Å²) in [5.41, 5.74) is 3.87. The van der Waals surface area contributed by atoms with Gasteiger partial charge >= 0.3 is 0 Å². The predicted molar refractivity (Wildman–Crippen MR) is 127 cm³/mol.